The summed E-state index contributed by atoms with van der Waals surface area (Å²) in [5.41, 5.74) is -2.97. The molecule has 0 aliphatic rings. The molecule has 6 heteroatoms. The van der Waals surface area contributed by atoms with E-state index in [1.54, 1.807) is 6.92 Å². The third-order valence-corrected chi connectivity index (χ3v) is 2.40. The number of alkyl halides is 2. The van der Waals surface area contributed by atoms with Gasteiger partial charge in [-0.3, -0.25) is 0 Å². The van der Waals surface area contributed by atoms with E-state index in [1.807, 2.05) is 0 Å². The number of esters is 1. The normalized spacial score (nSPS) is 11.1. The van der Waals surface area contributed by atoms with E-state index in [9.17, 15) is 13.6 Å². The van der Waals surface area contributed by atoms with Gasteiger partial charge in [0.25, 0.3) is 0 Å². The van der Waals surface area contributed by atoms with Crippen molar-refractivity contribution in [3.8, 4) is 5.75 Å². The van der Waals surface area contributed by atoms with Gasteiger partial charge in [-0.2, -0.15) is 8.78 Å². The monoisotopic (exact) mass is 262 g/mol. The lowest BCUT2D eigenvalue weighted by atomic mass is 10.2. The van der Waals surface area contributed by atoms with Crippen LogP contribution in [-0.2, 0) is 4.74 Å². The van der Waals surface area contributed by atoms with Gasteiger partial charge in [-0.1, -0.05) is 0 Å². The Morgan fingerprint density at radius 1 is 1.35 bits per heavy atom. The van der Waals surface area contributed by atoms with Crippen molar-refractivity contribution < 1.29 is 23.0 Å². The smallest absolute Gasteiger partial charge is 0.452 e. The summed E-state index contributed by atoms with van der Waals surface area (Å²) < 4.78 is 34.9. The van der Waals surface area contributed by atoms with Crippen LogP contribution in [0.5, 0.6) is 5.75 Å². The summed E-state index contributed by atoms with van der Waals surface area (Å²) in [6, 6.07) is 5.36. The molecule has 0 saturated heterocycles. The first-order valence-electron chi connectivity index (χ1n) is 4.87. The van der Waals surface area contributed by atoms with Crippen molar-refractivity contribution in [2.75, 3.05) is 12.9 Å². The highest BCUT2D eigenvalue weighted by Crippen LogP contribution is 2.30. The minimum atomic E-state index is -3.27. The summed E-state index contributed by atoms with van der Waals surface area (Å²) >= 11 is 0.293. The van der Waals surface area contributed by atoms with Crippen molar-refractivity contribution in [3.05, 3.63) is 29.8 Å². The predicted molar refractivity (Wildman–Crippen MR) is 61.5 cm³/mol. The van der Waals surface area contributed by atoms with Crippen molar-refractivity contribution >= 4 is 17.7 Å². The Morgan fingerprint density at radius 3 is 2.41 bits per heavy atom. The van der Waals surface area contributed by atoms with E-state index in [-0.39, 0.29) is 12.4 Å². The highest BCUT2D eigenvalue weighted by molar-refractivity contribution is 7.99. The standard InChI is InChI=1S/C11H12F2O3S/c1-3-15-10(14)8-4-6-9(7-5-8)16-11(12,13)17-2/h4-7H,3H2,1-2H3. The van der Waals surface area contributed by atoms with Crippen molar-refractivity contribution in [2.45, 2.75) is 12.4 Å². The maximum atomic E-state index is 12.9. The highest BCUT2D eigenvalue weighted by atomic mass is 32.2. The first-order chi connectivity index (χ1) is 7.98. The lowest BCUT2D eigenvalue weighted by Crippen LogP contribution is -2.19. The fraction of sp³-hybridized carbons (Fsp3) is 0.364. The molecule has 3 nitrogen and oxygen atoms in total. The Hall–Kier alpha value is -1.30. The molecule has 0 amide bonds. The number of thioether (sulfide) groups is 1. The molecule has 1 rings (SSSR count). The minimum Gasteiger partial charge on any atom is -0.462 e. The van der Waals surface area contributed by atoms with E-state index in [4.69, 9.17) is 4.74 Å². The Morgan fingerprint density at radius 2 is 1.94 bits per heavy atom. The third kappa shape index (κ3) is 4.22. The number of ether oxygens (including phenoxy) is 2. The van der Waals surface area contributed by atoms with Crippen LogP contribution in [0.4, 0.5) is 8.78 Å². The molecule has 0 saturated carbocycles. The van der Waals surface area contributed by atoms with E-state index >= 15 is 0 Å². The number of rotatable bonds is 5. The highest BCUT2D eigenvalue weighted by Gasteiger charge is 2.30. The molecule has 0 atom stereocenters. The van der Waals surface area contributed by atoms with E-state index in [2.05, 4.69) is 4.74 Å². The van der Waals surface area contributed by atoms with E-state index in [1.165, 1.54) is 30.5 Å². The number of hydrogen-bond donors (Lipinski definition) is 0. The van der Waals surface area contributed by atoms with Crippen LogP contribution in [0.15, 0.2) is 24.3 Å². The predicted octanol–water partition coefficient (Wildman–Crippen LogP) is 3.16. The molecule has 0 unspecified atom stereocenters. The summed E-state index contributed by atoms with van der Waals surface area (Å²) in [7, 11) is 0. The average molecular weight is 262 g/mol. The quantitative estimate of drug-likeness (QED) is 0.603. The molecule has 0 N–H and O–H groups in total. The Labute approximate surface area is 102 Å². The molecule has 0 aromatic heterocycles. The van der Waals surface area contributed by atoms with Gasteiger partial charge in [0.05, 0.1) is 12.2 Å². The second-order valence-corrected chi connectivity index (χ2v) is 3.90. The van der Waals surface area contributed by atoms with E-state index in [0.717, 1.165) is 0 Å². The molecular formula is C11H12F2O3S. The summed E-state index contributed by atoms with van der Waals surface area (Å²) in [5.74, 6) is -0.493. The van der Waals surface area contributed by atoms with Gasteiger partial charge in [-0.25, -0.2) is 4.79 Å². The van der Waals surface area contributed by atoms with Crippen LogP contribution < -0.4 is 4.74 Å². The number of halogens is 2. The van der Waals surface area contributed by atoms with E-state index in [0.29, 0.717) is 17.3 Å². The number of benzene rings is 1. The molecular weight excluding hydrogens is 250 g/mol. The molecule has 0 aliphatic heterocycles. The Kier molecular flexibility index (Phi) is 4.74. The van der Waals surface area contributed by atoms with Gasteiger partial charge in [0.2, 0.25) is 0 Å². The molecule has 1 aromatic carbocycles. The van der Waals surface area contributed by atoms with Crippen LogP contribution in [0.2, 0.25) is 0 Å². The largest absolute Gasteiger partial charge is 0.462 e. The average Bonchev–Trinajstić information content (AvgIpc) is 2.30. The van der Waals surface area contributed by atoms with Crippen LogP contribution >= 0.6 is 11.8 Å². The third-order valence-electron chi connectivity index (χ3n) is 1.84. The summed E-state index contributed by atoms with van der Waals surface area (Å²) in [5, 5.41) is 0. The van der Waals surface area contributed by atoms with Crippen LogP contribution in [0.3, 0.4) is 0 Å². The van der Waals surface area contributed by atoms with Crippen molar-refractivity contribution in [1.82, 2.24) is 0 Å². The first-order valence-corrected chi connectivity index (χ1v) is 6.10. The van der Waals surface area contributed by atoms with Crippen LogP contribution in [-0.4, -0.2) is 24.3 Å². The number of carbonyl (C=O) groups is 1. The van der Waals surface area contributed by atoms with Crippen LogP contribution in [0.1, 0.15) is 17.3 Å². The van der Waals surface area contributed by atoms with Gasteiger partial charge >= 0.3 is 11.4 Å². The summed E-state index contributed by atoms with van der Waals surface area (Å²) in [4.78, 5) is 11.3. The van der Waals surface area contributed by atoms with Crippen molar-refractivity contribution in [2.24, 2.45) is 0 Å². The van der Waals surface area contributed by atoms with Gasteiger partial charge in [0.1, 0.15) is 5.75 Å². The molecule has 0 aliphatic carbocycles. The van der Waals surface area contributed by atoms with Gasteiger partial charge in [-0.05, 0) is 49.2 Å². The second-order valence-electron chi connectivity index (χ2n) is 3.01. The van der Waals surface area contributed by atoms with Gasteiger partial charge in [0.15, 0.2) is 0 Å². The molecule has 0 bridgehead atoms. The molecule has 0 radical (unpaired) electrons. The summed E-state index contributed by atoms with van der Waals surface area (Å²) in [6.07, 6.45) is 1.24. The van der Waals surface area contributed by atoms with Gasteiger partial charge < -0.3 is 9.47 Å². The molecule has 17 heavy (non-hydrogen) atoms. The fourth-order valence-electron chi connectivity index (χ4n) is 1.05. The molecule has 1 aromatic rings. The SMILES string of the molecule is CCOC(=O)c1ccc(OC(F)(F)SC)cc1. The van der Waals surface area contributed by atoms with Gasteiger partial charge in [0, 0.05) is 0 Å². The van der Waals surface area contributed by atoms with Crippen molar-refractivity contribution in [1.29, 1.82) is 0 Å². The molecule has 94 valence electrons. The number of carbonyl (C=O) groups excluding carboxylic acids is 1. The molecule has 0 heterocycles. The lowest BCUT2D eigenvalue weighted by molar-refractivity contribution is -0.0875. The maximum Gasteiger partial charge on any atom is 0.452 e. The lowest BCUT2D eigenvalue weighted by Gasteiger charge is -2.14. The van der Waals surface area contributed by atoms with E-state index < -0.39 is 11.4 Å². The fourth-order valence-corrected chi connectivity index (χ4v) is 1.23. The molecule has 0 spiro atoms. The van der Waals surface area contributed by atoms with Crippen molar-refractivity contribution in [3.63, 3.8) is 0 Å². The van der Waals surface area contributed by atoms with Crippen LogP contribution in [0.25, 0.3) is 0 Å². The number of hydrogen-bond acceptors (Lipinski definition) is 4. The zero-order chi connectivity index (χ0) is 12.9. The topological polar surface area (TPSA) is 35.5 Å². The zero-order valence-electron chi connectivity index (χ0n) is 9.41. The summed E-state index contributed by atoms with van der Waals surface area (Å²) in [6.45, 7) is 1.95. The first kappa shape index (κ1) is 13.8. The minimum absolute atomic E-state index is 0.00241. The zero-order valence-corrected chi connectivity index (χ0v) is 10.2. The Bertz CT molecular complexity index is 379. The van der Waals surface area contributed by atoms with Crippen LogP contribution in [0, 0.1) is 0 Å². The second kappa shape index (κ2) is 5.86. The Balaban J connectivity index is 2.71. The molecule has 0 fully saturated rings. The van der Waals surface area contributed by atoms with Gasteiger partial charge in [-0.15, -0.1) is 0 Å². The maximum absolute atomic E-state index is 12.9.